The van der Waals surface area contributed by atoms with Crippen molar-refractivity contribution in [2.45, 2.75) is 44.3 Å². The molecule has 1 aromatic heterocycles. The van der Waals surface area contributed by atoms with Gasteiger partial charge in [-0.3, -0.25) is 14.4 Å². The van der Waals surface area contributed by atoms with E-state index in [-0.39, 0.29) is 11.9 Å². The van der Waals surface area contributed by atoms with Crippen molar-refractivity contribution in [2.75, 3.05) is 25.1 Å². The smallest absolute Gasteiger partial charge is 0.244 e. The number of carbonyl (C=O) groups excluding carboxylic acids is 1. The highest BCUT2D eigenvalue weighted by Gasteiger charge is 2.35. The molecule has 144 valence electrons. The third kappa shape index (κ3) is 4.51. The van der Waals surface area contributed by atoms with E-state index in [1.54, 1.807) is 6.20 Å². The fourth-order valence-corrected chi connectivity index (χ4v) is 4.16. The first-order valence-electron chi connectivity index (χ1n) is 9.60. The highest BCUT2D eigenvalue weighted by Crippen LogP contribution is 2.27. The second kappa shape index (κ2) is 8.42. The number of carbonyl (C=O) groups is 1. The standard InChI is InChI=1S/C20H25ClN4O2/c21-16-7-5-15(6-8-16)12-24-13-17(11-22-24)23-20(26)19-14-27-10-9-25(19)18-3-1-2-4-18/h5-8,11,13,18-19H,1-4,9-10,12,14H2,(H,23,26). The molecule has 1 N–H and O–H groups in total. The number of nitrogens with one attached hydrogen (secondary N) is 1. The van der Waals surface area contributed by atoms with Gasteiger partial charge in [-0.15, -0.1) is 0 Å². The first-order chi connectivity index (χ1) is 13.2. The van der Waals surface area contributed by atoms with E-state index in [9.17, 15) is 4.79 Å². The molecule has 1 amide bonds. The van der Waals surface area contributed by atoms with Gasteiger partial charge in [0.25, 0.3) is 0 Å². The van der Waals surface area contributed by atoms with E-state index < -0.39 is 0 Å². The van der Waals surface area contributed by atoms with Crippen LogP contribution in [-0.2, 0) is 16.1 Å². The third-order valence-electron chi connectivity index (χ3n) is 5.42. The first kappa shape index (κ1) is 18.5. The van der Waals surface area contributed by atoms with E-state index in [0.29, 0.717) is 36.5 Å². The Morgan fingerprint density at radius 2 is 2.04 bits per heavy atom. The Hall–Kier alpha value is -1.89. The summed E-state index contributed by atoms with van der Waals surface area (Å²) >= 11 is 5.92. The molecular weight excluding hydrogens is 364 g/mol. The number of amides is 1. The lowest BCUT2D eigenvalue weighted by atomic mass is 10.1. The van der Waals surface area contributed by atoms with Crippen LogP contribution in [-0.4, -0.2) is 52.4 Å². The fraction of sp³-hybridized carbons (Fsp3) is 0.500. The number of rotatable bonds is 5. The van der Waals surface area contributed by atoms with Gasteiger partial charge in [0.1, 0.15) is 6.04 Å². The second-order valence-corrected chi connectivity index (χ2v) is 7.75. The Morgan fingerprint density at radius 3 is 2.81 bits per heavy atom. The molecule has 1 aromatic carbocycles. The van der Waals surface area contributed by atoms with E-state index in [4.69, 9.17) is 16.3 Å². The summed E-state index contributed by atoms with van der Waals surface area (Å²) in [6.07, 6.45) is 8.43. The molecule has 6 nitrogen and oxygen atoms in total. The molecule has 2 aromatic rings. The molecule has 1 saturated carbocycles. The van der Waals surface area contributed by atoms with Gasteiger partial charge in [-0.2, -0.15) is 5.10 Å². The summed E-state index contributed by atoms with van der Waals surface area (Å²) in [5.41, 5.74) is 1.82. The summed E-state index contributed by atoms with van der Waals surface area (Å²) in [5, 5.41) is 8.08. The number of benzene rings is 1. The molecule has 1 atom stereocenters. The zero-order valence-corrected chi connectivity index (χ0v) is 16.1. The average Bonchev–Trinajstić information content (AvgIpc) is 3.36. The maximum atomic E-state index is 12.9. The number of hydrogen-bond donors (Lipinski definition) is 1. The third-order valence-corrected chi connectivity index (χ3v) is 5.68. The van der Waals surface area contributed by atoms with Crippen LogP contribution in [0.15, 0.2) is 36.7 Å². The Balaban J connectivity index is 1.38. The van der Waals surface area contributed by atoms with Gasteiger partial charge < -0.3 is 10.1 Å². The van der Waals surface area contributed by atoms with Crippen molar-refractivity contribution in [1.29, 1.82) is 0 Å². The maximum Gasteiger partial charge on any atom is 0.244 e. The minimum Gasteiger partial charge on any atom is -0.378 e. The molecule has 2 heterocycles. The molecule has 1 unspecified atom stereocenters. The molecular formula is C20H25ClN4O2. The highest BCUT2D eigenvalue weighted by molar-refractivity contribution is 6.30. The van der Waals surface area contributed by atoms with Crippen LogP contribution in [0.1, 0.15) is 31.2 Å². The average molecular weight is 389 g/mol. The zero-order chi connectivity index (χ0) is 18.6. The van der Waals surface area contributed by atoms with Gasteiger partial charge in [0.2, 0.25) is 5.91 Å². The van der Waals surface area contributed by atoms with E-state index >= 15 is 0 Å². The highest BCUT2D eigenvalue weighted by atomic mass is 35.5. The van der Waals surface area contributed by atoms with Crippen LogP contribution in [0.4, 0.5) is 5.69 Å². The summed E-state index contributed by atoms with van der Waals surface area (Å²) < 4.78 is 7.40. The lowest BCUT2D eigenvalue weighted by Gasteiger charge is -2.38. The van der Waals surface area contributed by atoms with E-state index in [1.165, 1.54) is 25.7 Å². The summed E-state index contributed by atoms with van der Waals surface area (Å²) in [4.78, 5) is 15.2. The monoisotopic (exact) mass is 388 g/mol. The first-order valence-corrected chi connectivity index (χ1v) is 9.98. The molecule has 7 heteroatoms. The van der Waals surface area contributed by atoms with Gasteiger partial charge in [-0.25, -0.2) is 0 Å². The number of hydrogen-bond acceptors (Lipinski definition) is 4. The topological polar surface area (TPSA) is 59.4 Å². The summed E-state index contributed by atoms with van der Waals surface area (Å²) in [6, 6.07) is 7.97. The van der Waals surface area contributed by atoms with Crippen molar-refractivity contribution in [1.82, 2.24) is 14.7 Å². The molecule has 0 spiro atoms. The maximum absolute atomic E-state index is 12.9. The van der Waals surface area contributed by atoms with Crippen LogP contribution in [0.5, 0.6) is 0 Å². The lowest BCUT2D eigenvalue weighted by molar-refractivity contribution is -0.129. The van der Waals surface area contributed by atoms with Gasteiger partial charge in [-0.1, -0.05) is 36.6 Å². The number of halogens is 1. The lowest BCUT2D eigenvalue weighted by Crippen LogP contribution is -2.55. The largest absolute Gasteiger partial charge is 0.378 e. The zero-order valence-electron chi connectivity index (χ0n) is 15.3. The molecule has 1 aliphatic carbocycles. The minimum atomic E-state index is -0.221. The predicted molar refractivity (Wildman–Crippen MR) is 105 cm³/mol. The fourth-order valence-electron chi connectivity index (χ4n) is 4.03. The Bertz CT molecular complexity index is 771. The molecule has 2 fully saturated rings. The molecule has 4 rings (SSSR count). The Morgan fingerprint density at radius 1 is 1.26 bits per heavy atom. The van der Waals surface area contributed by atoms with Crippen LogP contribution in [0.3, 0.4) is 0 Å². The van der Waals surface area contributed by atoms with Crippen molar-refractivity contribution in [3.63, 3.8) is 0 Å². The molecule has 1 aliphatic heterocycles. The number of aromatic nitrogens is 2. The van der Waals surface area contributed by atoms with Crippen molar-refractivity contribution in [3.05, 3.63) is 47.2 Å². The molecule has 27 heavy (non-hydrogen) atoms. The van der Waals surface area contributed by atoms with Crippen LogP contribution in [0.2, 0.25) is 5.02 Å². The molecule has 2 aliphatic rings. The van der Waals surface area contributed by atoms with Gasteiger partial charge in [-0.05, 0) is 30.5 Å². The Labute approximate surface area is 164 Å². The second-order valence-electron chi connectivity index (χ2n) is 7.31. The van der Waals surface area contributed by atoms with Crippen LogP contribution >= 0.6 is 11.6 Å². The van der Waals surface area contributed by atoms with Crippen LogP contribution in [0, 0.1) is 0 Å². The van der Waals surface area contributed by atoms with Crippen molar-refractivity contribution in [2.24, 2.45) is 0 Å². The summed E-state index contributed by atoms with van der Waals surface area (Å²) in [7, 11) is 0. The quantitative estimate of drug-likeness (QED) is 0.854. The summed E-state index contributed by atoms with van der Waals surface area (Å²) in [6.45, 7) is 2.63. The normalized spacial score (nSPS) is 21.4. The van der Waals surface area contributed by atoms with Crippen LogP contribution < -0.4 is 5.32 Å². The minimum absolute atomic E-state index is 0.00681. The van der Waals surface area contributed by atoms with Gasteiger partial charge in [0.15, 0.2) is 0 Å². The van der Waals surface area contributed by atoms with Crippen molar-refractivity contribution < 1.29 is 9.53 Å². The van der Waals surface area contributed by atoms with Crippen molar-refractivity contribution >= 4 is 23.2 Å². The number of anilines is 1. The number of nitrogens with zero attached hydrogens (tertiary/aromatic N) is 3. The van der Waals surface area contributed by atoms with E-state index in [2.05, 4.69) is 15.3 Å². The van der Waals surface area contributed by atoms with E-state index in [0.717, 1.165) is 12.1 Å². The molecule has 1 saturated heterocycles. The van der Waals surface area contributed by atoms with Gasteiger partial charge in [0, 0.05) is 23.8 Å². The van der Waals surface area contributed by atoms with E-state index in [1.807, 2.05) is 35.1 Å². The number of morpholine rings is 1. The molecule has 0 bridgehead atoms. The SMILES string of the molecule is O=C(Nc1cnn(Cc2ccc(Cl)cc2)c1)C1COCCN1C1CCCC1. The van der Waals surface area contributed by atoms with Gasteiger partial charge >= 0.3 is 0 Å². The summed E-state index contributed by atoms with van der Waals surface area (Å²) in [5.74, 6) is -0.00681. The van der Waals surface area contributed by atoms with Gasteiger partial charge in [0.05, 0.1) is 31.6 Å². The Kier molecular flexibility index (Phi) is 5.76. The molecule has 0 radical (unpaired) electrons. The predicted octanol–water partition coefficient (Wildman–Crippen LogP) is 3.17. The van der Waals surface area contributed by atoms with Crippen molar-refractivity contribution in [3.8, 4) is 0 Å². The number of ether oxygens (including phenoxy) is 1. The van der Waals surface area contributed by atoms with Crippen LogP contribution in [0.25, 0.3) is 0 Å².